The summed E-state index contributed by atoms with van der Waals surface area (Å²) in [5.41, 5.74) is 1.40. The van der Waals surface area contributed by atoms with E-state index in [1.165, 1.54) is 11.4 Å². The largest absolute Gasteiger partial charge is 0.379 e. The van der Waals surface area contributed by atoms with Crippen LogP contribution in [0.2, 0.25) is 0 Å². The molecule has 0 N–H and O–H groups in total. The summed E-state index contributed by atoms with van der Waals surface area (Å²) in [5.74, 6) is 0. The Morgan fingerprint density at radius 2 is 2.00 bits per heavy atom. The highest BCUT2D eigenvalue weighted by atomic mass is 32.1. The molecule has 2 aliphatic heterocycles. The number of aromatic nitrogens is 2. The summed E-state index contributed by atoms with van der Waals surface area (Å²) in [6.45, 7) is 7.91. The molecule has 1 spiro atoms. The molecule has 2 saturated heterocycles. The number of likely N-dealkylation sites (tertiary alicyclic amines) is 1. The topological polar surface area (TPSA) is 41.5 Å². The molecule has 2 fully saturated rings. The molecule has 2 aromatic rings. The van der Waals surface area contributed by atoms with E-state index >= 15 is 0 Å². The molecule has 6 heteroatoms. The van der Waals surface area contributed by atoms with E-state index in [9.17, 15) is 0 Å². The van der Waals surface area contributed by atoms with Gasteiger partial charge in [0.25, 0.3) is 0 Å². The van der Waals surface area contributed by atoms with Crippen LogP contribution >= 0.6 is 11.3 Å². The second kappa shape index (κ2) is 7.27. The maximum Gasteiger partial charge on any atom is 0.107 e. The second-order valence-corrected chi connectivity index (χ2v) is 7.95. The van der Waals surface area contributed by atoms with Gasteiger partial charge in [0.15, 0.2) is 0 Å². The normalized spacial score (nSPS) is 26.0. The van der Waals surface area contributed by atoms with E-state index in [4.69, 9.17) is 4.74 Å². The predicted molar refractivity (Wildman–Crippen MR) is 94.8 cm³/mol. The Balaban J connectivity index is 1.40. The van der Waals surface area contributed by atoms with Gasteiger partial charge in [0.2, 0.25) is 0 Å². The van der Waals surface area contributed by atoms with Gasteiger partial charge in [-0.05, 0) is 25.1 Å². The van der Waals surface area contributed by atoms with Crippen molar-refractivity contribution in [2.45, 2.75) is 19.5 Å². The first-order valence-electron chi connectivity index (χ1n) is 8.62. The number of nitrogens with zero attached hydrogens (tertiary/aromatic N) is 4. The van der Waals surface area contributed by atoms with Crippen LogP contribution in [0.1, 0.15) is 17.1 Å². The fourth-order valence-corrected chi connectivity index (χ4v) is 4.53. The van der Waals surface area contributed by atoms with Crippen molar-refractivity contribution >= 4 is 11.3 Å². The molecule has 4 heterocycles. The smallest absolute Gasteiger partial charge is 0.107 e. The fourth-order valence-electron chi connectivity index (χ4n) is 3.87. The lowest BCUT2D eigenvalue weighted by Crippen LogP contribution is -2.40. The highest BCUT2D eigenvalue weighted by Gasteiger charge is 2.41. The van der Waals surface area contributed by atoms with Crippen molar-refractivity contribution in [1.29, 1.82) is 0 Å². The molecule has 0 unspecified atom stereocenters. The van der Waals surface area contributed by atoms with Gasteiger partial charge in [-0.2, -0.15) is 0 Å². The van der Waals surface area contributed by atoms with Crippen molar-refractivity contribution in [3.05, 3.63) is 46.7 Å². The molecular weight excluding hydrogens is 320 g/mol. The highest BCUT2D eigenvalue weighted by Crippen LogP contribution is 2.34. The van der Waals surface area contributed by atoms with Crippen molar-refractivity contribution in [2.24, 2.45) is 5.41 Å². The zero-order valence-electron chi connectivity index (χ0n) is 13.9. The first-order valence-corrected chi connectivity index (χ1v) is 9.50. The summed E-state index contributed by atoms with van der Waals surface area (Å²) in [7, 11) is 0. The van der Waals surface area contributed by atoms with Gasteiger partial charge in [0, 0.05) is 49.4 Å². The lowest BCUT2D eigenvalue weighted by atomic mass is 9.87. The van der Waals surface area contributed by atoms with E-state index in [1.54, 1.807) is 11.3 Å². The zero-order chi connectivity index (χ0) is 16.2. The molecule has 24 heavy (non-hydrogen) atoms. The first-order chi connectivity index (χ1) is 11.8. The number of rotatable bonds is 4. The Morgan fingerprint density at radius 1 is 1.08 bits per heavy atom. The van der Waals surface area contributed by atoms with Crippen LogP contribution in [-0.2, 0) is 17.8 Å². The van der Waals surface area contributed by atoms with Crippen LogP contribution in [0.3, 0.4) is 0 Å². The van der Waals surface area contributed by atoms with E-state index in [0.29, 0.717) is 0 Å². The minimum Gasteiger partial charge on any atom is -0.379 e. The van der Waals surface area contributed by atoms with E-state index < -0.39 is 0 Å². The third-order valence-corrected chi connectivity index (χ3v) is 5.75. The molecular formula is C18H24N4OS. The summed E-state index contributed by atoms with van der Waals surface area (Å²) >= 11 is 1.75. The van der Waals surface area contributed by atoms with Crippen molar-refractivity contribution < 1.29 is 4.74 Å². The minimum atomic E-state index is 0.253. The predicted octanol–water partition coefficient (Wildman–Crippen LogP) is 2.26. The Bertz CT molecular complexity index is 636. The standard InChI is InChI=1S/C18H24N4OS/c1-2-5-19-16(3-1)11-22-8-9-23-15-18(14-22)4-7-21(13-18)12-17-20-6-10-24-17/h1-3,5-6,10H,4,7-9,11-15H2/t18-/m1/s1. The monoisotopic (exact) mass is 344 g/mol. The van der Waals surface area contributed by atoms with Gasteiger partial charge >= 0.3 is 0 Å². The molecule has 0 amide bonds. The zero-order valence-corrected chi connectivity index (χ0v) is 14.7. The molecule has 4 rings (SSSR count). The molecule has 0 aliphatic carbocycles. The first kappa shape index (κ1) is 16.1. The molecule has 0 saturated carbocycles. The Morgan fingerprint density at radius 3 is 2.79 bits per heavy atom. The van der Waals surface area contributed by atoms with E-state index in [1.807, 2.05) is 18.5 Å². The van der Waals surface area contributed by atoms with Crippen LogP contribution in [0, 0.1) is 5.41 Å². The summed E-state index contributed by atoms with van der Waals surface area (Å²) in [4.78, 5) is 14.0. The average Bonchev–Trinajstić information content (AvgIpc) is 3.19. The average molecular weight is 344 g/mol. The van der Waals surface area contributed by atoms with Crippen molar-refractivity contribution in [1.82, 2.24) is 19.8 Å². The van der Waals surface area contributed by atoms with Crippen LogP contribution in [0.25, 0.3) is 0 Å². The third kappa shape index (κ3) is 3.83. The summed E-state index contributed by atoms with van der Waals surface area (Å²) < 4.78 is 5.98. The Kier molecular flexibility index (Phi) is 4.89. The molecule has 128 valence electrons. The minimum absolute atomic E-state index is 0.253. The van der Waals surface area contributed by atoms with Gasteiger partial charge in [-0.1, -0.05) is 6.07 Å². The number of hydrogen-bond donors (Lipinski definition) is 0. The van der Waals surface area contributed by atoms with Gasteiger partial charge in [-0.15, -0.1) is 11.3 Å². The molecule has 2 aromatic heterocycles. The molecule has 5 nitrogen and oxygen atoms in total. The summed E-state index contributed by atoms with van der Waals surface area (Å²) in [6, 6.07) is 6.16. The van der Waals surface area contributed by atoms with Crippen LogP contribution in [0.4, 0.5) is 0 Å². The molecule has 0 bridgehead atoms. The van der Waals surface area contributed by atoms with E-state index in [2.05, 4.69) is 37.3 Å². The van der Waals surface area contributed by atoms with Crippen molar-refractivity contribution in [3.63, 3.8) is 0 Å². The quantitative estimate of drug-likeness (QED) is 0.851. The van der Waals surface area contributed by atoms with Crippen molar-refractivity contribution in [2.75, 3.05) is 39.4 Å². The van der Waals surface area contributed by atoms with Gasteiger partial charge in [0.05, 0.1) is 25.5 Å². The number of thiazole rings is 1. The van der Waals surface area contributed by atoms with Crippen molar-refractivity contribution in [3.8, 4) is 0 Å². The number of ether oxygens (including phenoxy) is 1. The lowest BCUT2D eigenvalue weighted by molar-refractivity contribution is 0.0706. The summed E-state index contributed by atoms with van der Waals surface area (Å²) in [6.07, 6.45) is 4.98. The highest BCUT2D eigenvalue weighted by molar-refractivity contribution is 7.09. The lowest BCUT2D eigenvalue weighted by Gasteiger charge is -2.31. The molecule has 2 aliphatic rings. The maximum atomic E-state index is 5.98. The van der Waals surface area contributed by atoms with Crippen LogP contribution in [-0.4, -0.2) is 59.2 Å². The maximum absolute atomic E-state index is 5.98. The van der Waals surface area contributed by atoms with Crippen LogP contribution < -0.4 is 0 Å². The number of hydrogen-bond acceptors (Lipinski definition) is 6. The molecule has 1 atom stereocenters. The molecule has 0 radical (unpaired) electrons. The van der Waals surface area contributed by atoms with Crippen LogP contribution in [0.5, 0.6) is 0 Å². The Labute approximate surface area is 147 Å². The van der Waals surface area contributed by atoms with Gasteiger partial charge < -0.3 is 4.74 Å². The van der Waals surface area contributed by atoms with E-state index in [-0.39, 0.29) is 5.41 Å². The van der Waals surface area contributed by atoms with Gasteiger partial charge in [0.1, 0.15) is 5.01 Å². The summed E-state index contributed by atoms with van der Waals surface area (Å²) in [5, 5.41) is 3.27. The third-order valence-electron chi connectivity index (χ3n) is 4.99. The van der Waals surface area contributed by atoms with Crippen LogP contribution in [0.15, 0.2) is 36.0 Å². The second-order valence-electron chi connectivity index (χ2n) is 6.97. The van der Waals surface area contributed by atoms with Gasteiger partial charge in [-0.25, -0.2) is 4.98 Å². The molecule has 0 aromatic carbocycles. The number of pyridine rings is 1. The van der Waals surface area contributed by atoms with E-state index in [0.717, 1.165) is 58.2 Å². The SMILES string of the molecule is c1ccc(CN2CCOC[C@@]3(CCN(Cc4nccs4)C3)C2)nc1. The fraction of sp³-hybridized carbons (Fsp3) is 0.556. The Hall–Kier alpha value is -1.34. The van der Waals surface area contributed by atoms with Gasteiger partial charge in [-0.3, -0.25) is 14.8 Å².